The van der Waals surface area contributed by atoms with Crippen LogP contribution in [0.25, 0.3) is 0 Å². The second-order valence-electron chi connectivity index (χ2n) is 22.7. The maximum absolute atomic E-state index is 11.9. The van der Waals surface area contributed by atoms with Gasteiger partial charge in [-0.3, -0.25) is 0 Å². The molecule has 8 rings (SSSR count). The van der Waals surface area contributed by atoms with Gasteiger partial charge in [-0.2, -0.15) is 0 Å². The molecule has 86 heavy (non-hydrogen) atoms. The van der Waals surface area contributed by atoms with Crippen LogP contribution in [0.2, 0.25) is 0 Å². The topological polar surface area (TPSA) is 541 Å². The van der Waals surface area contributed by atoms with E-state index in [-0.39, 0.29) is 0 Å². The second kappa shape index (κ2) is 29.7. The van der Waals surface area contributed by atoms with E-state index in [1.165, 1.54) is 48.8 Å². The molecule has 0 bridgehead atoms. The van der Waals surface area contributed by atoms with Crippen LogP contribution in [0, 0.1) is 0 Å². The Morgan fingerprint density at radius 3 is 1.03 bits per heavy atom. The highest BCUT2D eigenvalue weighted by Gasteiger charge is 2.60. The van der Waals surface area contributed by atoms with E-state index in [1.807, 2.05) is 0 Å². The minimum atomic E-state index is -2.13. The first-order chi connectivity index (χ1) is 40.6. The molecule has 0 aliphatic carbocycles. The summed E-state index contributed by atoms with van der Waals surface area (Å²) in [5, 5.41) is 207. The Hall–Kier alpha value is -1.44. The number of aliphatic hydroxyl groups is 19. The summed E-state index contributed by atoms with van der Waals surface area (Å²) in [5.74, 6) is 0. The largest absolute Gasteiger partial charge is 0.394 e. The van der Waals surface area contributed by atoms with Crippen LogP contribution < -0.4 is 0 Å². The van der Waals surface area contributed by atoms with Gasteiger partial charge in [0.1, 0.15) is 165 Å². The average molecular weight is 1260 g/mol. The molecule has 8 saturated heterocycles. The molecule has 0 aromatic rings. The van der Waals surface area contributed by atoms with Crippen LogP contribution in [0.15, 0.2) is 0 Å². The first kappa shape index (κ1) is 70.4. The first-order valence-electron chi connectivity index (χ1n) is 28.2. The van der Waals surface area contributed by atoms with E-state index < -0.39 is 265 Å². The SMILES string of the molecule is CO[C@@H]1[C@@H](O)[C@H](C)O[C@@H](O[C@H]2[C@H](O[C@H]3[C@H](O[C@@H]4[C@@H](O)[C@H](C)O[C@@H](O[C@@H]5[C@@H](O)[C@@H](O[C@@H]6O[C@H](CO)[C@@H](O)[C@H](O)[C@H]6O)O[C@H](CO)[C@H]5O)[C@@H]4O)O[C@@H](C)[C@H](O)[C@H]3O)O[C@@H](C)[C@H](O)[C@H]2OC)[C@@H]1O[C@@H]1O[C@@H](C)[C@H](O)[C@@H](O)[C@H]1OC1O[C@@H]([C@H](O)CO)[C@H](O)[C@H]1O. The molecule has 8 fully saturated rings. The standard InChI is InChI=1S/C50H86O36/c1-11-20(56)28(64)40(47(73-11)81-35-21(57)13(3)72-45(32(35)68)80-36-25(61)18(10-53)78-46(33(36)69)86-43-30(66)26(62)24(60)17(9-52)77-43)83-49-41(37(70-6)22(58)14(4)75-49)85-50-42(38(71-7)23(59)15(5)76-50)84-48-39(27(63)19(55)12(2)74-48)82-44-31(67)29(65)34(79-44)16(54)8-51/h11-69H,8-10H2,1-7H3/t11-,12-,13-,14-,15-,16+,17+,18+,19-,20-,21-,22-,23-,24+,25+,26-,27+,28+,29+,30+,31+,32+,33+,34-,35+,36-,37+,38+,39+,40+,41+,42+,43-,44?,45-,46+,47-,48-,49-,50-/m0/s1. The molecular weight excluding hydrogens is 1180 g/mol. The normalized spacial score (nSPS) is 54.4. The summed E-state index contributed by atoms with van der Waals surface area (Å²) >= 11 is 0. The molecule has 0 amide bonds. The van der Waals surface area contributed by atoms with Crippen molar-refractivity contribution in [2.75, 3.05) is 34.0 Å². The van der Waals surface area contributed by atoms with Gasteiger partial charge in [-0.1, -0.05) is 0 Å². The highest BCUT2D eigenvalue weighted by Crippen LogP contribution is 2.40. The first-order valence-corrected chi connectivity index (χ1v) is 28.2. The van der Waals surface area contributed by atoms with E-state index in [0.717, 1.165) is 0 Å². The summed E-state index contributed by atoms with van der Waals surface area (Å²) < 4.78 is 101. The summed E-state index contributed by atoms with van der Waals surface area (Å²) in [6, 6.07) is 0. The van der Waals surface area contributed by atoms with Crippen molar-refractivity contribution in [3.63, 3.8) is 0 Å². The Balaban J connectivity index is 1.04. The van der Waals surface area contributed by atoms with Crippen LogP contribution in [-0.4, -0.2) is 377 Å². The van der Waals surface area contributed by atoms with Gasteiger partial charge in [0.15, 0.2) is 50.3 Å². The lowest BCUT2D eigenvalue weighted by atomic mass is 9.95. The Morgan fingerprint density at radius 1 is 0.279 bits per heavy atom. The zero-order valence-electron chi connectivity index (χ0n) is 47.7. The van der Waals surface area contributed by atoms with E-state index in [4.69, 9.17) is 80.5 Å². The van der Waals surface area contributed by atoms with Crippen molar-refractivity contribution < 1.29 is 178 Å². The Bertz CT molecular complexity index is 2080. The maximum atomic E-state index is 11.9. The lowest BCUT2D eigenvalue weighted by Gasteiger charge is -2.51. The van der Waals surface area contributed by atoms with Gasteiger partial charge in [-0.05, 0) is 34.6 Å². The second-order valence-corrected chi connectivity index (χ2v) is 22.7. The van der Waals surface area contributed by atoms with Crippen molar-refractivity contribution in [3.8, 4) is 0 Å². The fraction of sp³-hybridized carbons (Fsp3) is 1.00. The van der Waals surface area contributed by atoms with Crippen molar-refractivity contribution in [2.24, 2.45) is 0 Å². The van der Waals surface area contributed by atoms with Crippen LogP contribution in [0.4, 0.5) is 0 Å². The van der Waals surface area contributed by atoms with Crippen LogP contribution in [-0.2, 0) is 80.5 Å². The summed E-state index contributed by atoms with van der Waals surface area (Å²) in [7, 11) is 2.38. The lowest BCUT2D eigenvalue weighted by molar-refractivity contribution is -0.414. The lowest BCUT2D eigenvalue weighted by Crippen LogP contribution is -2.68. The monoisotopic (exact) mass is 1260 g/mol. The number of ether oxygens (including phenoxy) is 17. The van der Waals surface area contributed by atoms with Crippen molar-refractivity contribution in [3.05, 3.63) is 0 Å². The van der Waals surface area contributed by atoms with Gasteiger partial charge in [0, 0.05) is 14.2 Å². The van der Waals surface area contributed by atoms with E-state index in [0.29, 0.717) is 0 Å². The molecule has 40 atom stereocenters. The fourth-order valence-electron chi connectivity index (χ4n) is 11.6. The predicted octanol–water partition coefficient (Wildman–Crippen LogP) is -12.0. The molecule has 502 valence electrons. The van der Waals surface area contributed by atoms with E-state index >= 15 is 0 Å². The van der Waals surface area contributed by atoms with Gasteiger partial charge in [-0.25, -0.2) is 0 Å². The molecule has 0 aromatic heterocycles. The van der Waals surface area contributed by atoms with Crippen LogP contribution >= 0.6 is 0 Å². The molecule has 36 nitrogen and oxygen atoms in total. The van der Waals surface area contributed by atoms with Gasteiger partial charge in [0.05, 0.1) is 50.3 Å². The summed E-state index contributed by atoms with van der Waals surface area (Å²) in [5.41, 5.74) is 0. The van der Waals surface area contributed by atoms with Crippen molar-refractivity contribution in [1.29, 1.82) is 0 Å². The van der Waals surface area contributed by atoms with E-state index in [1.54, 1.807) is 0 Å². The number of rotatable bonds is 20. The Kier molecular flexibility index (Phi) is 24.3. The Morgan fingerprint density at radius 2 is 0.593 bits per heavy atom. The van der Waals surface area contributed by atoms with Crippen molar-refractivity contribution >= 4 is 0 Å². The Labute approximate surface area is 491 Å². The summed E-state index contributed by atoms with van der Waals surface area (Å²) in [6.07, 6.45) is -69.2. The third-order valence-corrected chi connectivity index (χ3v) is 16.9. The van der Waals surface area contributed by atoms with Gasteiger partial charge >= 0.3 is 0 Å². The molecule has 0 aromatic carbocycles. The molecule has 8 aliphatic heterocycles. The fourth-order valence-corrected chi connectivity index (χ4v) is 11.6. The quantitative estimate of drug-likeness (QED) is 0.0538. The highest BCUT2D eigenvalue weighted by atomic mass is 16.8. The van der Waals surface area contributed by atoms with Gasteiger partial charge in [0.25, 0.3) is 0 Å². The highest BCUT2D eigenvalue weighted by molar-refractivity contribution is 5.01. The average Bonchev–Trinajstić information content (AvgIpc) is 0.964. The molecule has 19 N–H and O–H groups in total. The summed E-state index contributed by atoms with van der Waals surface area (Å²) in [4.78, 5) is 0. The molecule has 36 heteroatoms. The van der Waals surface area contributed by atoms with Crippen LogP contribution in [0.5, 0.6) is 0 Å². The number of hydrogen-bond acceptors (Lipinski definition) is 36. The minimum absolute atomic E-state index is 0.848. The van der Waals surface area contributed by atoms with Crippen LogP contribution in [0.3, 0.4) is 0 Å². The van der Waals surface area contributed by atoms with E-state index in [2.05, 4.69) is 0 Å². The molecule has 0 spiro atoms. The molecule has 8 aliphatic rings. The predicted molar refractivity (Wildman–Crippen MR) is 267 cm³/mol. The molecule has 1 unspecified atom stereocenters. The molecule has 0 radical (unpaired) electrons. The van der Waals surface area contributed by atoms with E-state index in [9.17, 15) is 97.0 Å². The summed E-state index contributed by atoms with van der Waals surface area (Å²) in [6.45, 7) is 4.17. The zero-order chi connectivity index (χ0) is 63.2. The molecular formula is C50H86O36. The molecule has 8 heterocycles. The van der Waals surface area contributed by atoms with Crippen molar-refractivity contribution in [2.45, 2.75) is 280 Å². The van der Waals surface area contributed by atoms with Crippen molar-refractivity contribution in [1.82, 2.24) is 0 Å². The molecule has 0 saturated carbocycles. The maximum Gasteiger partial charge on any atom is 0.189 e. The number of hydrogen-bond donors (Lipinski definition) is 19. The smallest absolute Gasteiger partial charge is 0.189 e. The zero-order valence-corrected chi connectivity index (χ0v) is 47.7. The number of aliphatic hydroxyl groups excluding tert-OH is 19. The third kappa shape index (κ3) is 14.2. The van der Waals surface area contributed by atoms with Gasteiger partial charge < -0.3 is 178 Å². The minimum Gasteiger partial charge on any atom is -0.394 e. The third-order valence-electron chi connectivity index (χ3n) is 16.9. The van der Waals surface area contributed by atoms with Gasteiger partial charge in [-0.15, -0.1) is 0 Å². The van der Waals surface area contributed by atoms with Gasteiger partial charge in [0.2, 0.25) is 0 Å². The number of methoxy groups -OCH3 is 2. The van der Waals surface area contributed by atoms with Crippen LogP contribution in [0.1, 0.15) is 34.6 Å².